The molecule has 1 unspecified atom stereocenters. The van der Waals surface area contributed by atoms with Crippen LogP contribution in [-0.2, 0) is 6.42 Å². The summed E-state index contributed by atoms with van der Waals surface area (Å²) in [5.74, 6) is 0.432. The Kier molecular flexibility index (Phi) is 5.56. The highest BCUT2D eigenvalue weighted by Gasteiger charge is 2.23. The lowest BCUT2D eigenvalue weighted by atomic mass is 9.98. The van der Waals surface area contributed by atoms with Crippen LogP contribution in [0.1, 0.15) is 41.6 Å². The number of aromatic nitrogens is 3. The molecule has 124 valence electrons. The Morgan fingerprint density at radius 1 is 1.52 bits per heavy atom. The second kappa shape index (κ2) is 7.83. The fraction of sp³-hybridized carbons (Fsp3) is 0.600. The van der Waals surface area contributed by atoms with Crippen molar-refractivity contribution in [1.29, 1.82) is 0 Å². The quantitative estimate of drug-likeness (QED) is 0.866. The van der Waals surface area contributed by atoms with Gasteiger partial charge in [-0.05, 0) is 36.7 Å². The van der Waals surface area contributed by atoms with Crippen LogP contribution in [0.4, 0.5) is 5.13 Å². The first-order valence-corrected chi connectivity index (χ1v) is 9.67. The van der Waals surface area contributed by atoms with Crippen molar-refractivity contribution in [3.8, 4) is 0 Å². The van der Waals surface area contributed by atoms with Crippen LogP contribution in [0.3, 0.4) is 0 Å². The van der Waals surface area contributed by atoms with E-state index in [0.29, 0.717) is 17.3 Å². The van der Waals surface area contributed by atoms with Crippen molar-refractivity contribution in [2.75, 3.05) is 24.5 Å². The van der Waals surface area contributed by atoms with Gasteiger partial charge in [0.15, 0.2) is 5.13 Å². The predicted molar refractivity (Wildman–Crippen MR) is 93.3 cm³/mol. The van der Waals surface area contributed by atoms with Gasteiger partial charge in [0, 0.05) is 31.2 Å². The SMILES string of the molecule is CCCc1nnsc1C(=O)NCC1CCCN(c2nccs2)C1. The van der Waals surface area contributed by atoms with E-state index in [2.05, 4.69) is 31.7 Å². The summed E-state index contributed by atoms with van der Waals surface area (Å²) < 4.78 is 3.92. The van der Waals surface area contributed by atoms with Crippen molar-refractivity contribution in [2.24, 2.45) is 5.92 Å². The first kappa shape index (κ1) is 16.3. The summed E-state index contributed by atoms with van der Waals surface area (Å²) in [6.07, 6.45) is 5.91. The zero-order valence-electron chi connectivity index (χ0n) is 13.2. The van der Waals surface area contributed by atoms with Gasteiger partial charge in [-0.3, -0.25) is 4.79 Å². The number of anilines is 1. The summed E-state index contributed by atoms with van der Waals surface area (Å²) in [6.45, 7) is 4.79. The van der Waals surface area contributed by atoms with Gasteiger partial charge in [-0.1, -0.05) is 17.8 Å². The number of nitrogens with zero attached hydrogens (tertiary/aromatic N) is 4. The molecule has 2 aromatic rings. The van der Waals surface area contributed by atoms with E-state index < -0.39 is 0 Å². The smallest absolute Gasteiger partial charge is 0.264 e. The first-order valence-electron chi connectivity index (χ1n) is 8.01. The number of hydrogen-bond acceptors (Lipinski definition) is 7. The van der Waals surface area contributed by atoms with Crippen LogP contribution in [0.25, 0.3) is 0 Å². The Hall–Kier alpha value is -1.54. The molecule has 0 bridgehead atoms. The molecule has 0 aromatic carbocycles. The van der Waals surface area contributed by atoms with E-state index in [0.717, 1.165) is 49.6 Å². The Morgan fingerprint density at radius 2 is 2.43 bits per heavy atom. The minimum absolute atomic E-state index is 0.0326. The zero-order valence-corrected chi connectivity index (χ0v) is 14.8. The van der Waals surface area contributed by atoms with Crippen molar-refractivity contribution in [2.45, 2.75) is 32.6 Å². The first-order chi connectivity index (χ1) is 11.3. The van der Waals surface area contributed by atoms with Gasteiger partial charge in [0.25, 0.3) is 5.91 Å². The van der Waals surface area contributed by atoms with Gasteiger partial charge in [0.05, 0.1) is 5.69 Å². The third-order valence-corrected chi connectivity index (χ3v) is 5.61. The van der Waals surface area contributed by atoms with Crippen LogP contribution in [0.2, 0.25) is 0 Å². The molecule has 0 aliphatic carbocycles. The molecule has 0 saturated carbocycles. The van der Waals surface area contributed by atoms with Gasteiger partial charge in [-0.15, -0.1) is 16.4 Å². The molecule has 6 nitrogen and oxygen atoms in total. The Labute approximate surface area is 144 Å². The molecule has 1 saturated heterocycles. The van der Waals surface area contributed by atoms with Crippen molar-refractivity contribution < 1.29 is 4.79 Å². The number of carbonyl (C=O) groups is 1. The number of thiazole rings is 1. The van der Waals surface area contributed by atoms with Crippen molar-refractivity contribution in [3.63, 3.8) is 0 Å². The number of hydrogen-bond donors (Lipinski definition) is 1. The van der Waals surface area contributed by atoms with Gasteiger partial charge in [0.2, 0.25) is 0 Å². The number of rotatable bonds is 6. The predicted octanol–water partition coefficient (Wildman–Crippen LogP) is 2.59. The summed E-state index contributed by atoms with van der Waals surface area (Å²) in [6, 6.07) is 0. The Bertz CT molecular complexity index is 628. The van der Waals surface area contributed by atoms with Crippen molar-refractivity contribution >= 4 is 33.9 Å². The third kappa shape index (κ3) is 4.06. The van der Waals surface area contributed by atoms with Gasteiger partial charge in [-0.2, -0.15) is 0 Å². The summed E-state index contributed by atoms with van der Waals surface area (Å²) in [5, 5.41) is 10.2. The Morgan fingerprint density at radius 3 is 3.22 bits per heavy atom. The fourth-order valence-electron chi connectivity index (χ4n) is 2.88. The van der Waals surface area contributed by atoms with Crippen LogP contribution >= 0.6 is 22.9 Å². The molecule has 3 heterocycles. The second-order valence-corrected chi connectivity index (χ2v) is 7.40. The topological polar surface area (TPSA) is 71.0 Å². The van der Waals surface area contributed by atoms with Crippen LogP contribution in [0.5, 0.6) is 0 Å². The van der Waals surface area contributed by atoms with E-state index in [1.165, 1.54) is 11.5 Å². The average molecular weight is 352 g/mol. The van der Waals surface area contributed by atoms with Crippen LogP contribution in [0.15, 0.2) is 11.6 Å². The number of piperidine rings is 1. The summed E-state index contributed by atoms with van der Waals surface area (Å²) in [7, 11) is 0. The van der Waals surface area contributed by atoms with Gasteiger partial charge < -0.3 is 10.2 Å². The second-order valence-electron chi connectivity index (χ2n) is 5.78. The van der Waals surface area contributed by atoms with Crippen LogP contribution in [0, 0.1) is 5.92 Å². The highest BCUT2D eigenvalue weighted by atomic mass is 32.1. The molecule has 0 radical (unpaired) electrons. The molecule has 1 fully saturated rings. The maximum Gasteiger partial charge on any atom is 0.264 e. The average Bonchev–Trinajstić information content (AvgIpc) is 3.25. The molecule has 1 aliphatic rings. The largest absolute Gasteiger partial charge is 0.351 e. The molecular weight excluding hydrogens is 330 g/mol. The minimum Gasteiger partial charge on any atom is -0.351 e. The van der Waals surface area contributed by atoms with E-state index in [1.807, 2.05) is 11.6 Å². The molecule has 1 N–H and O–H groups in total. The summed E-state index contributed by atoms with van der Waals surface area (Å²) in [4.78, 5) is 19.7. The lowest BCUT2D eigenvalue weighted by molar-refractivity contribution is 0.0948. The van der Waals surface area contributed by atoms with E-state index >= 15 is 0 Å². The monoisotopic (exact) mass is 351 g/mol. The lowest BCUT2D eigenvalue weighted by Crippen LogP contribution is -2.41. The van der Waals surface area contributed by atoms with Gasteiger partial charge in [0.1, 0.15) is 4.88 Å². The molecule has 1 aliphatic heterocycles. The molecule has 8 heteroatoms. The van der Waals surface area contributed by atoms with E-state index in [4.69, 9.17) is 0 Å². The summed E-state index contributed by atoms with van der Waals surface area (Å²) >= 11 is 2.86. The highest BCUT2D eigenvalue weighted by Crippen LogP contribution is 2.24. The zero-order chi connectivity index (χ0) is 16.1. The minimum atomic E-state index is -0.0326. The number of nitrogens with one attached hydrogen (secondary N) is 1. The molecule has 1 atom stereocenters. The number of carbonyl (C=O) groups excluding carboxylic acids is 1. The number of aryl methyl sites for hydroxylation is 1. The van der Waals surface area contributed by atoms with E-state index in [-0.39, 0.29) is 5.91 Å². The third-order valence-electron chi connectivity index (χ3n) is 4.01. The standard InChI is InChI=1S/C15H21N5OS2/c1-2-4-12-13(23-19-18-12)14(21)17-9-11-5-3-7-20(10-11)15-16-6-8-22-15/h6,8,11H,2-5,7,9-10H2,1H3,(H,17,21). The van der Waals surface area contributed by atoms with Crippen molar-refractivity contribution in [3.05, 3.63) is 22.1 Å². The number of amides is 1. The molecule has 0 spiro atoms. The van der Waals surface area contributed by atoms with Crippen LogP contribution in [-0.4, -0.2) is 40.1 Å². The maximum atomic E-state index is 12.3. The maximum absolute atomic E-state index is 12.3. The molecule has 1 amide bonds. The van der Waals surface area contributed by atoms with Gasteiger partial charge >= 0.3 is 0 Å². The Balaban J connectivity index is 1.53. The molecule has 2 aromatic heterocycles. The molecule has 23 heavy (non-hydrogen) atoms. The van der Waals surface area contributed by atoms with Crippen molar-refractivity contribution in [1.82, 2.24) is 19.9 Å². The highest BCUT2D eigenvalue weighted by molar-refractivity contribution is 7.13. The molecular formula is C15H21N5OS2. The van der Waals surface area contributed by atoms with E-state index in [1.54, 1.807) is 11.3 Å². The molecule has 3 rings (SSSR count). The normalized spacial score (nSPS) is 18.1. The fourth-order valence-corrected chi connectivity index (χ4v) is 4.18. The van der Waals surface area contributed by atoms with E-state index in [9.17, 15) is 4.79 Å². The summed E-state index contributed by atoms with van der Waals surface area (Å²) in [5.41, 5.74) is 0.822. The van der Waals surface area contributed by atoms with Gasteiger partial charge in [-0.25, -0.2) is 4.98 Å². The lowest BCUT2D eigenvalue weighted by Gasteiger charge is -2.32. The van der Waals surface area contributed by atoms with Crippen LogP contribution < -0.4 is 10.2 Å².